The third-order valence-electron chi connectivity index (χ3n) is 2.60. The lowest BCUT2D eigenvalue weighted by Gasteiger charge is -2.11. The molecule has 0 aliphatic rings. The summed E-state index contributed by atoms with van der Waals surface area (Å²) in [4.78, 5) is 11.8. The second-order valence-electron chi connectivity index (χ2n) is 4.11. The number of nitrogens with one attached hydrogen (secondary N) is 1. The molecule has 0 radical (unpaired) electrons. The number of halogens is 1. The van der Waals surface area contributed by atoms with Crippen LogP contribution in [0.15, 0.2) is 47.1 Å². The van der Waals surface area contributed by atoms with Gasteiger partial charge in [0, 0.05) is 0 Å². The van der Waals surface area contributed by atoms with E-state index in [1.54, 1.807) is 30.5 Å². The van der Waals surface area contributed by atoms with Crippen LogP contribution < -0.4 is 5.32 Å². The van der Waals surface area contributed by atoms with Gasteiger partial charge in [0.05, 0.1) is 18.7 Å². The molecule has 0 saturated carbocycles. The minimum Gasteiger partial charge on any atom is -0.467 e. The monoisotopic (exact) mass is 247 g/mol. The highest BCUT2D eigenvalue weighted by molar-refractivity contribution is 5.78. The smallest absolute Gasteiger partial charge is 0.225 e. The Morgan fingerprint density at radius 1 is 1.39 bits per heavy atom. The SMILES string of the molecule is CC(NC(=O)Cc1cccc(F)c1)c1ccco1. The van der Waals surface area contributed by atoms with E-state index in [1.165, 1.54) is 12.1 Å². The van der Waals surface area contributed by atoms with Crippen molar-refractivity contribution in [2.45, 2.75) is 19.4 Å². The van der Waals surface area contributed by atoms with Gasteiger partial charge in [-0.3, -0.25) is 4.79 Å². The molecule has 0 aliphatic carbocycles. The Morgan fingerprint density at radius 3 is 2.89 bits per heavy atom. The third-order valence-corrected chi connectivity index (χ3v) is 2.60. The Morgan fingerprint density at radius 2 is 2.22 bits per heavy atom. The maximum Gasteiger partial charge on any atom is 0.225 e. The highest BCUT2D eigenvalue weighted by Gasteiger charge is 2.12. The lowest BCUT2D eigenvalue weighted by atomic mass is 10.1. The van der Waals surface area contributed by atoms with E-state index in [4.69, 9.17) is 4.42 Å². The molecular weight excluding hydrogens is 233 g/mol. The summed E-state index contributed by atoms with van der Waals surface area (Å²) in [6.45, 7) is 1.84. The molecule has 94 valence electrons. The number of benzene rings is 1. The molecule has 1 N–H and O–H groups in total. The molecule has 1 unspecified atom stereocenters. The van der Waals surface area contributed by atoms with Crippen LogP contribution in [0.2, 0.25) is 0 Å². The number of hydrogen-bond donors (Lipinski definition) is 1. The van der Waals surface area contributed by atoms with Crippen molar-refractivity contribution in [3.8, 4) is 0 Å². The Kier molecular flexibility index (Phi) is 3.77. The molecule has 3 nitrogen and oxygen atoms in total. The Labute approximate surface area is 105 Å². The first kappa shape index (κ1) is 12.4. The highest BCUT2D eigenvalue weighted by Crippen LogP contribution is 2.12. The summed E-state index contributed by atoms with van der Waals surface area (Å²) >= 11 is 0. The Balaban J connectivity index is 1.93. The summed E-state index contributed by atoms with van der Waals surface area (Å²) in [6, 6.07) is 9.40. The lowest BCUT2D eigenvalue weighted by molar-refractivity contribution is -0.121. The summed E-state index contributed by atoms with van der Waals surface area (Å²) in [5.41, 5.74) is 0.652. The predicted octanol–water partition coefficient (Wildman–Crippen LogP) is 2.84. The summed E-state index contributed by atoms with van der Waals surface area (Å²) in [6.07, 6.45) is 1.72. The van der Waals surface area contributed by atoms with Crippen LogP contribution in [0.5, 0.6) is 0 Å². The molecule has 18 heavy (non-hydrogen) atoms. The van der Waals surface area contributed by atoms with Crippen molar-refractivity contribution in [2.24, 2.45) is 0 Å². The molecule has 1 atom stereocenters. The van der Waals surface area contributed by atoms with Gasteiger partial charge >= 0.3 is 0 Å². The van der Waals surface area contributed by atoms with E-state index in [0.717, 1.165) is 0 Å². The molecule has 4 heteroatoms. The molecule has 0 aliphatic heterocycles. The summed E-state index contributed by atoms with van der Waals surface area (Å²) < 4.78 is 18.1. The lowest BCUT2D eigenvalue weighted by Crippen LogP contribution is -2.27. The van der Waals surface area contributed by atoms with E-state index in [-0.39, 0.29) is 24.2 Å². The van der Waals surface area contributed by atoms with Crippen LogP contribution in [0, 0.1) is 5.82 Å². The Bertz CT molecular complexity index is 522. The number of carbonyl (C=O) groups excluding carboxylic acids is 1. The van der Waals surface area contributed by atoms with Crippen molar-refractivity contribution in [1.29, 1.82) is 0 Å². The van der Waals surface area contributed by atoms with Crippen molar-refractivity contribution in [3.05, 3.63) is 59.8 Å². The van der Waals surface area contributed by atoms with Gasteiger partial charge in [-0.25, -0.2) is 4.39 Å². The normalized spacial score (nSPS) is 12.1. The van der Waals surface area contributed by atoms with E-state index < -0.39 is 0 Å². The van der Waals surface area contributed by atoms with Gasteiger partial charge in [0.2, 0.25) is 5.91 Å². The molecule has 1 heterocycles. The fraction of sp³-hybridized carbons (Fsp3) is 0.214. The van der Waals surface area contributed by atoms with Gasteiger partial charge in [0.15, 0.2) is 0 Å². The summed E-state index contributed by atoms with van der Waals surface area (Å²) in [5, 5.41) is 2.80. The zero-order valence-electron chi connectivity index (χ0n) is 10.0. The van der Waals surface area contributed by atoms with E-state index in [1.807, 2.05) is 6.92 Å². The van der Waals surface area contributed by atoms with Gasteiger partial charge in [-0.1, -0.05) is 12.1 Å². The van der Waals surface area contributed by atoms with Gasteiger partial charge in [-0.15, -0.1) is 0 Å². The maximum atomic E-state index is 13.0. The second-order valence-corrected chi connectivity index (χ2v) is 4.11. The quantitative estimate of drug-likeness (QED) is 0.902. The van der Waals surface area contributed by atoms with Gasteiger partial charge in [-0.05, 0) is 36.8 Å². The number of rotatable bonds is 4. The second kappa shape index (κ2) is 5.49. The molecule has 0 spiro atoms. The molecule has 0 bridgehead atoms. The highest BCUT2D eigenvalue weighted by atomic mass is 19.1. The largest absolute Gasteiger partial charge is 0.467 e. The first-order valence-electron chi connectivity index (χ1n) is 5.72. The molecule has 0 fully saturated rings. The van der Waals surface area contributed by atoms with Crippen LogP contribution in [0.3, 0.4) is 0 Å². The minimum atomic E-state index is -0.334. The fourth-order valence-corrected chi connectivity index (χ4v) is 1.73. The number of carbonyl (C=O) groups is 1. The topological polar surface area (TPSA) is 42.2 Å². The molecule has 1 amide bonds. The van der Waals surface area contributed by atoms with Gasteiger partial charge in [0.25, 0.3) is 0 Å². The predicted molar refractivity (Wildman–Crippen MR) is 65.4 cm³/mol. The van der Waals surface area contributed by atoms with Crippen LogP contribution in [-0.4, -0.2) is 5.91 Å². The van der Waals surface area contributed by atoms with Crippen molar-refractivity contribution >= 4 is 5.91 Å². The molecule has 2 aromatic rings. The standard InChI is InChI=1S/C14H14FNO2/c1-10(13-6-3-7-18-13)16-14(17)9-11-4-2-5-12(15)8-11/h2-8,10H,9H2,1H3,(H,16,17). The van der Waals surface area contributed by atoms with E-state index in [2.05, 4.69) is 5.32 Å². The van der Waals surface area contributed by atoms with Crippen molar-refractivity contribution < 1.29 is 13.6 Å². The molecule has 1 aromatic carbocycles. The van der Waals surface area contributed by atoms with Crippen LogP contribution in [0.25, 0.3) is 0 Å². The van der Waals surface area contributed by atoms with Crippen LogP contribution in [0.4, 0.5) is 4.39 Å². The zero-order chi connectivity index (χ0) is 13.0. The third kappa shape index (κ3) is 3.20. The minimum absolute atomic E-state index is 0.156. The van der Waals surface area contributed by atoms with Crippen molar-refractivity contribution in [2.75, 3.05) is 0 Å². The number of hydrogen-bond acceptors (Lipinski definition) is 2. The zero-order valence-corrected chi connectivity index (χ0v) is 10.0. The van der Waals surface area contributed by atoms with E-state index in [9.17, 15) is 9.18 Å². The van der Waals surface area contributed by atoms with Crippen molar-refractivity contribution in [1.82, 2.24) is 5.32 Å². The fourth-order valence-electron chi connectivity index (χ4n) is 1.73. The number of amides is 1. The average molecular weight is 247 g/mol. The van der Waals surface area contributed by atoms with Gasteiger partial charge < -0.3 is 9.73 Å². The summed E-state index contributed by atoms with van der Waals surface area (Å²) in [7, 11) is 0. The van der Waals surface area contributed by atoms with Crippen LogP contribution in [0.1, 0.15) is 24.3 Å². The first-order chi connectivity index (χ1) is 8.65. The van der Waals surface area contributed by atoms with Crippen LogP contribution in [-0.2, 0) is 11.2 Å². The first-order valence-corrected chi connectivity index (χ1v) is 5.72. The Hall–Kier alpha value is -2.10. The molecule has 2 rings (SSSR count). The maximum absolute atomic E-state index is 13.0. The summed E-state index contributed by atoms with van der Waals surface area (Å²) in [5.74, 6) is 0.200. The van der Waals surface area contributed by atoms with Crippen LogP contribution >= 0.6 is 0 Å². The van der Waals surface area contributed by atoms with E-state index in [0.29, 0.717) is 11.3 Å². The molecular formula is C14H14FNO2. The van der Waals surface area contributed by atoms with Gasteiger partial charge in [-0.2, -0.15) is 0 Å². The van der Waals surface area contributed by atoms with Crippen molar-refractivity contribution in [3.63, 3.8) is 0 Å². The van der Waals surface area contributed by atoms with E-state index >= 15 is 0 Å². The molecule has 0 saturated heterocycles. The number of furan rings is 1. The molecule has 1 aromatic heterocycles. The van der Waals surface area contributed by atoms with Gasteiger partial charge in [0.1, 0.15) is 11.6 Å². The average Bonchev–Trinajstić information content (AvgIpc) is 2.81.